The maximum atomic E-state index is 5.17. The number of nitrogens with zero attached hydrogens (tertiary/aromatic N) is 2. The molecule has 2 aliphatic heterocycles. The van der Waals surface area contributed by atoms with E-state index in [0.29, 0.717) is 11.8 Å². The molecular weight excluding hydrogens is 360 g/mol. The minimum atomic E-state index is 0.236. The van der Waals surface area contributed by atoms with Crippen LogP contribution in [0.25, 0.3) is 0 Å². The molecule has 0 N–H and O–H groups in total. The molecule has 2 aliphatic rings. The van der Waals surface area contributed by atoms with Crippen molar-refractivity contribution < 1.29 is 0 Å². The molecule has 0 fully saturated rings. The molecule has 0 radical (unpaired) electrons. The molecule has 0 bridgehead atoms. The molecule has 0 unspecified atom stereocenters. The van der Waals surface area contributed by atoms with Gasteiger partial charge in [-0.3, -0.25) is 5.01 Å². The van der Waals surface area contributed by atoms with Crippen LogP contribution in [-0.2, 0) is 0 Å². The lowest BCUT2D eigenvalue weighted by Gasteiger charge is -2.30. The van der Waals surface area contributed by atoms with Crippen molar-refractivity contribution in [2.45, 2.75) is 30.7 Å². The molecule has 0 saturated carbocycles. The van der Waals surface area contributed by atoms with Crippen LogP contribution in [0, 0.1) is 5.92 Å². The maximum absolute atomic E-state index is 5.17. The third kappa shape index (κ3) is 2.94. The van der Waals surface area contributed by atoms with E-state index in [4.69, 9.17) is 5.10 Å². The zero-order valence-corrected chi connectivity index (χ0v) is 17.1. The van der Waals surface area contributed by atoms with Crippen LogP contribution in [0.3, 0.4) is 0 Å². The van der Waals surface area contributed by atoms with Gasteiger partial charge in [0, 0.05) is 22.1 Å². The molecule has 2 nitrogen and oxygen atoms in total. The quantitative estimate of drug-likeness (QED) is 0.512. The number of benzene rings is 3. The van der Waals surface area contributed by atoms with Gasteiger partial charge in [0.05, 0.1) is 17.4 Å². The third-order valence-electron chi connectivity index (χ3n) is 5.76. The molecule has 0 saturated heterocycles. The van der Waals surface area contributed by atoms with Crippen LogP contribution in [0.5, 0.6) is 0 Å². The van der Waals surface area contributed by atoms with Gasteiger partial charge < -0.3 is 0 Å². The first-order chi connectivity index (χ1) is 13.7. The highest BCUT2D eigenvalue weighted by molar-refractivity contribution is 7.99. The zero-order valence-electron chi connectivity index (χ0n) is 16.2. The zero-order chi connectivity index (χ0) is 19.1. The van der Waals surface area contributed by atoms with E-state index >= 15 is 0 Å². The first-order valence-electron chi connectivity index (χ1n) is 9.97. The summed E-state index contributed by atoms with van der Waals surface area (Å²) in [6.45, 7) is 4.49. The summed E-state index contributed by atoms with van der Waals surface area (Å²) in [7, 11) is 0. The van der Waals surface area contributed by atoms with Crippen molar-refractivity contribution in [2.24, 2.45) is 11.0 Å². The first kappa shape index (κ1) is 17.6. The minimum Gasteiger partial charge on any atom is -0.257 e. The fraction of sp³-hybridized carbons (Fsp3) is 0.240. The summed E-state index contributed by atoms with van der Waals surface area (Å²) in [6, 6.07) is 28.7. The highest BCUT2D eigenvalue weighted by atomic mass is 32.2. The molecule has 0 amide bonds. The Balaban J connectivity index is 1.61. The topological polar surface area (TPSA) is 15.6 Å². The van der Waals surface area contributed by atoms with Crippen LogP contribution in [0.1, 0.15) is 42.5 Å². The van der Waals surface area contributed by atoms with E-state index in [9.17, 15) is 0 Å². The van der Waals surface area contributed by atoms with Gasteiger partial charge >= 0.3 is 0 Å². The molecule has 28 heavy (non-hydrogen) atoms. The van der Waals surface area contributed by atoms with Crippen LogP contribution in [0.4, 0.5) is 5.69 Å². The van der Waals surface area contributed by atoms with E-state index in [-0.39, 0.29) is 6.04 Å². The highest BCUT2D eigenvalue weighted by Gasteiger charge is 2.42. The first-order valence-corrected chi connectivity index (χ1v) is 11.0. The highest BCUT2D eigenvalue weighted by Crippen LogP contribution is 2.47. The molecule has 3 heteroatoms. The number of para-hydroxylation sites is 1. The van der Waals surface area contributed by atoms with Crippen LogP contribution >= 0.6 is 11.8 Å². The van der Waals surface area contributed by atoms with Gasteiger partial charge in [0.15, 0.2) is 0 Å². The average molecular weight is 385 g/mol. The smallest absolute Gasteiger partial charge is 0.0868 e. The number of thioether (sulfide) groups is 1. The molecular formula is C25H24N2S. The largest absolute Gasteiger partial charge is 0.257 e. The Morgan fingerprint density at radius 2 is 1.61 bits per heavy atom. The van der Waals surface area contributed by atoms with E-state index in [0.717, 1.165) is 11.4 Å². The fourth-order valence-corrected chi connectivity index (χ4v) is 5.43. The van der Waals surface area contributed by atoms with E-state index < -0.39 is 0 Å². The van der Waals surface area contributed by atoms with Crippen LogP contribution in [-0.4, -0.2) is 11.5 Å². The number of rotatable bonds is 3. The van der Waals surface area contributed by atoms with Gasteiger partial charge in [-0.05, 0) is 35.2 Å². The Morgan fingerprint density at radius 3 is 2.36 bits per heavy atom. The summed E-state index contributed by atoms with van der Waals surface area (Å²) in [6.07, 6.45) is 0. The summed E-state index contributed by atoms with van der Waals surface area (Å²) in [4.78, 5) is 1.35. The van der Waals surface area contributed by atoms with Crippen molar-refractivity contribution in [3.63, 3.8) is 0 Å². The lowest BCUT2D eigenvalue weighted by molar-refractivity contribution is 0.593. The Kier molecular flexibility index (Phi) is 4.48. The fourth-order valence-electron chi connectivity index (χ4n) is 4.23. The van der Waals surface area contributed by atoms with Crippen LogP contribution in [0.15, 0.2) is 88.9 Å². The molecule has 5 rings (SSSR count). The predicted octanol–water partition coefficient (Wildman–Crippen LogP) is 6.50. The lowest BCUT2D eigenvalue weighted by Crippen LogP contribution is -2.29. The Morgan fingerprint density at radius 1 is 0.893 bits per heavy atom. The Hall–Kier alpha value is -2.52. The predicted molar refractivity (Wildman–Crippen MR) is 119 cm³/mol. The molecule has 0 aromatic heterocycles. The summed E-state index contributed by atoms with van der Waals surface area (Å²) in [5, 5.41) is 7.42. The summed E-state index contributed by atoms with van der Waals surface area (Å²) < 4.78 is 0. The molecule has 3 aromatic rings. The maximum Gasteiger partial charge on any atom is 0.0868 e. The SMILES string of the molecule is CC(C)c1ccc([C@H]2[C@@H]3CSc4ccccc4C3=NN2c2ccccc2)cc1. The van der Waals surface area contributed by atoms with Gasteiger partial charge in [-0.15, -0.1) is 11.8 Å². The lowest BCUT2D eigenvalue weighted by atomic mass is 9.87. The Labute approximate surface area is 171 Å². The molecule has 140 valence electrons. The second kappa shape index (κ2) is 7.14. The van der Waals surface area contributed by atoms with Crippen molar-refractivity contribution in [3.8, 4) is 0 Å². The van der Waals surface area contributed by atoms with Crippen molar-refractivity contribution in [1.82, 2.24) is 0 Å². The van der Waals surface area contributed by atoms with Gasteiger partial charge in [0.1, 0.15) is 0 Å². The van der Waals surface area contributed by atoms with E-state index in [1.54, 1.807) is 0 Å². The van der Waals surface area contributed by atoms with E-state index in [2.05, 4.69) is 97.7 Å². The summed E-state index contributed by atoms with van der Waals surface area (Å²) in [5.41, 5.74) is 6.42. The molecule has 2 atom stereocenters. The molecule has 0 aliphatic carbocycles. The van der Waals surface area contributed by atoms with Crippen LogP contribution < -0.4 is 5.01 Å². The number of hydrogen-bond donors (Lipinski definition) is 0. The molecule has 0 spiro atoms. The number of hydrogen-bond acceptors (Lipinski definition) is 3. The van der Waals surface area contributed by atoms with Gasteiger partial charge in [-0.25, -0.2) is 0 Å². The van der Waals surface area contributed by atoms with Gasteiger partial charge in [-0.1, -0.05) is 74.5 Å². The number of fused-ring (bicyclic) bond motifs is 3. The second-order valence-corrected chi connectivity index (χ2v) is 8.91. The Bertz CT molecular complexity index is 1010. The summed E-state index contributed by atoms with van der Waals surface area (Å²) in [5.74, 6) is 2.01. The average Bonchev–Trinajstić information content (AvgIpc) is 3.14. The molecule has 2 heterocycles. The van der Waals surface area contributed by atoms with E-state index in [1.165, 1.54) is 27.3 Å². The minimum absolute atomic E-state index is 0.236. The van der Waals surface area contributed by atoms with Crippen LogP contribution in [0.2, 0.25) is 0 Å². The van der Waals surface area contributed by atoms with E-state index in [1.807, 2.05) is 11.8 Å². The molecule has 3 aromatic carbocycles. The monoisotopic (exact) mass is 384 g/mol. The second-order valence-electron chi connectivity index (χ2n) is 7.85. The number of hydrazone groups is 1. The number of anilines is 1. The summed E-state index contributed by atoms with van der Waals surface area (Å²) >= 11 is 1.96. The van der Waals surface area contributed by atoms with Gasteiger partial charge in [0.25, 0.3) is 0 Å². The third-order valence-corrected chi connectivity index (χ3v) is 6.95. The van der Waals surface area contributed by atoms with Gasteiger partial charge in [0.2, 0.25) is 0 Å². The van der Waals surface area contributed by atoms with Crippen molar-refractivity contribution >= 4 is 23.2 Å². The van der Waals surface area contributed by atoms with Gasteiger partial charge in [-0.2, -0.15) is 5.10 Å². The normalized spacial score (nSPS) is 20.7. The van der Waals surface area contributed by atoms with Crippen molar-refractivity contribution in [1.29, 1.82) is 0 Å². The van der Waals surface area contributed by atoms with Crippen molar-refractivity contribution in [3.05, 3.63) is 95.6 Å². The van der Waals surface area contributed by atoms with Crippen molar-refractivity contribution in [2.75, 3.05) is 10.8 Å². The standard InChI is InChI=1S/C25H24N2S/c1-17(2)18-12-14-19(15-13-18)25-22-16-28-23-11-7-6-10-21(23)24(22)26-27(25)20-8-4-3-5-9-20/h3-15,17,22,25H,16H2,1-2H3/t22-,25+/m1/s1.